The summed E-state index contributed by atoms with van der Waals surface area (Å²) in [5.74, 6) is 0.00102. The molecular formula is C35H57N5O5S2. The number of amides is 1. The fraction of sp³-hybridized carbons (Fsp3) is 0.686. The van der Waals surface area contributed by atoms with Crippen LogP contribution in [0.15, 0.2) is 42.9 Å². The van der Waals surface area contributed by atoms with Gasteiger partial charge in [-0.2, -0.15) is 0 Å². The van der Waals surface area contributed by atoms with Crippen molar-refractivity contribution in [3.63, 3.8) is 0 Å². The van der Waals surface area contributed by atoms with Crippen LogP contribution in [0.3, 0.4) is 0 Å². The van der Waals surface area contributed by atoms with Crippen molar-refractivity contribution in [2.45, 2.75) is 123 Å². The number of sulfonamides is 1. The number of rotatable bonds is 19. The van der Waals surface area contributed by atoms with Crippen LogP contribution in [0.1, 0.15) is 96.7 Å². The van der Waals surface area contributed by atoms with Crippen molar-refractivity contribution >= 4 is 33.1 Å². The first-order chi connectivity index (χ1) is 22.2. The molecule has 12 heteroatoms. The molecule has 5 atom stereocenters. The Balaban J connectivity index is 1.78. The van der Waals surface area contributed by atoms with Gasteiger partial charge in [0.2, 0.25) is 15.9 Å². The molecule has 1 heterocycles. The van der Waals surface area contributed by atoms with Gasteiger partial charge in [-0.15, -0.1) is 0 Å². The number of hydrogen-bond donors (Lipinski definition) is 6. The topological polar surface area (TPSA) is 156 Å². The molecule has 1 saturated carbocycles. The Labute approximate surface area is 287 Å². The van der Waals surface area contributed by atoms with E-state index in [1.165, 1.54) is 12.0 Å². The van der Waals surface area contributed by atoms with E-state index >= 15 is 0 Å². The normalized spacial score (nSPS) is 17.7. The summed E-state index contributed by atoms with van der Waals surface area (Å²) in [5, 5.41) is 28.6. The smallest absolute Gasteiger partial charge is 0.243 e. The molecule has 47 heavy (non-hydrogen) atoms. The second-order valence-electron chi connectivity index (χ2n) is 14.5. The number of aliphatic hydroxyl groups is 2. The Kier molecular flexibility index (Phi) is 15.8. The van der Waals surface area contributed by atoms with Gasteiger partial charge in [0, 0.05) is 31.5 Å². The van der Waals surface area contributed by atoms with Gasteiger partial charge < -0.3 is 25.8 Å². The van der Waals surface area contributed by atoms with E-state index in [0.29, 0.717) is 29.4 Å². The van der Waals surface area contributed by atoms with Crippen LogP contribution in [0.2, 0.25) is 0 Å². The maximum Gasteiger partial charge on any atom is 0.243 e. The number of H-pyrrole nitrogens is 1. The molecule has 0 spiro atoms. The van der Waals surface area contributed by atoms with Crippen LogP contribution in [0.5, 0.6) is 0 Å². The molecule has 0 saturated heterocycles. The van der Waals surface area contributed by atoms with Crippen LogP contribution >= 0.6 is 12.2 Å². The molecular weight excluding hydrogens is 635 g/mol. The molecule has 1 aliphatic carbocycles. The zero-order valence-corrected chi connectivity index (χ0v) is 30.2. The molecule has 1 aliphatic rings. The largest absolute Gasteiger partial charge is 0.392 e. The van der Waals surface area contributed by atoms with Crippen molar-refractivity contribution in [3.05, 3.63) is 54.1 Å². The average Bonchev–Trinajstić information content (AvgIpc) is 3.52. The van der Waals surface area contributed by atoms with E-state index in [1.807, 2.05) is 18.2 Å². The molecule has 0 bridgehead atoms. The second kappa shape index (κ2) is 19.0. The molecule has 1 amide bonds. The number of aromatic amines is 1. The van der Waals surface area contributed by atoms with E-state index < -0.39 is 34.3 Å². The van der Waals surface area contributed by atoms with Crippen LogP contribution in [0.25, 0.3) is 0 Å². The van der Waals surface area contributed by atoms with Gasteiger partial charge in [-0.1, -0.05) is 102 Å². The van der Waals surface area contributed by atoms with Crippen molar-refractivity contribution in [2.75, 3.05) is 12.3 Å². The van der Waals surface area contributed by atoms with Gasteiger partial charge in [0.05, 0.1) is 41.0 Å². The molecule has 1 fully saturated rings. The number of imidazole rings is 1. The second-order valence-corrected chi connectivity index (χ2v) is 16.8. The van der Waals surface area contributed by atoms with Crippen LogP contribution in [0, 0.1) is 17.3 Å². The molecule has 1 aromatic carbocycles. The lowest BCUT2D eigenvalue weighted by atomic mass is 9.81. The molecule has 2 unspecified atom stereocenters. The highest BCUT2D eigenvalue weighted by Gasteiger charge is 2.32. The van der Waals surface area contributed by atoms with Crippen molar-refractivity contribution in [2.24, 2.45) is 17.3 Å². The number of carbonyl (C=O) groups is 1. The molecule has 0 aliphatic heterocycles. The fourth-order valence-electron chi connectivity index (χ4n) is 6.47. The number of benzene rings is 1. The molecule has 6 N–H and O–H groups in total. The summed E-state index contributed by atoms with van der Waals surface area (Å²) < 4.78 is 26.7. The van der Waals surface area contributed by atoms with E-state index in [2.05, 4.69) is 58.2 Å². The standard InChI is InChI=1S/C35H57N5O5S2/c1-5-16-47(44,45)38-23-29(41)20-32(42)30(18-26-14-10-7-11-15-26)39-33(43)31(19-28-22-36-24-37-28)40-34(46)27(21-35(2,3)4)17-25-12-8-6-9-13-25/h6,8-9,12-13,22,24,26-27,29-32,38,41-42H,5,7,10-11,14-21,23H2,1-4H3,(H,36,37)(H,39,43)(H,40,46)/t27?,29-,30+,31?,32+/m1/s1. The number of aromatic nitrogens is 2. The van der Waals surface area contributed by atoms with E-state index in [9.17, 15) is 23.4 Å². The van der Waals surface area contributed by atoms with Crippen LogP contribution in [-0.2, 0) is 27.7 Å². The number of hydrogen-bond acceptors (Lipinski definition) is 7. The first-order valence-corrected chi connectivity index (χ1v) is 19.3. The average molecular weight is 692 g/mol. The SMILES string of the molecule is CCCS(=O)(=O)NC[C@H](O)C[C@H](O)[C@H](CC1CCCCC1)NC(=O)C(Cc1c[nH]cn1)NC(=S)C(Cc1ccccc1)CC(C)(C)C. The number of thiocarbonyl (C=S) groups is 1. The zero-order chi connectivity index (χ0) is 34.5. The third-order valence-electron chi connectivity index (χ3n) is 8.79. The lowest BCUT2D eigenvalue weighted by molar-refractivity contribution is -0.124. The fourth-order valence-corrected chi connectivity index (χ4v) is 7.91. The van der Waals surface area contributed by atoms with Crippen molar-refractivity contribution < 1.29 is 23.4 Å². The molecule has 264 valence electrons. The Morgan fingerprint density at radius 1 is 1.09 bits per heavy atom. The quantitative estimate of drug-likeness (QED) is 0.118. The van der Waals surface area contributed by atoms with Gasteiger partial charge in [0.25, 0.3) is 0 Å². The number of nitrogens with one attached hydrogen (secondary N) is 4. The minimum atomic E-state index is -3.50. The van der Waals surface area contributed by atoms with E-state index in [4.69, 9.17) is 12.2 Å². The highest BCUT2D eigenvalue weighted by Crippen LogP contribution is 2.30. The maximum absolute atomic E-state index is 14.1. The van der Waals surface area contributed by atoms with Crippen molar-refractivity contribution in [1.29, 1.82) is 0 Å². The highest BCUT2D eigenvalue weighted by atomic mass is 32.2. The highest BCUT2D eigenvalue weighted by molar-refractivity contribution is 7.89. The first kappa shape index (κ1) is 39.1. The Bertz CT molecular complexity index is 1310. The monoisotopic (exact) mass is 691 g/mol. The molecule has 2 aromatic rings. The van der Waals surface area contributed by atoms with Gasteiger partial charge >= 0.3 is 0 Å². The number of carbonyl (C=O) groups excluding carboxylic acids is 1. The van der Waals surface area contributed by atoms with Gasteiger partial charge in [0.1, 0.15) is 6.04 Å². The first-order valence-electron chi connectivity index (χ1n) is 17.2. The molecule has 1 aromatic heterocycles. The number of nitrogens with zero attached hydrogens (tertiary/aromatic N) is 1. The third kappa shape index (κ3) is 14.7. The molecule has 3 rings (SSSR count). The summed E-state index contributed by atoms with van der Waals surface area (Å²) in [7, 11) is -3.50. The summed E-state index contributed by atoms with van der Waals surface area (Å²) in [6.07, 6.45) is 9.40. The Morgan fingerprint density at radius 2 is 1.79 bits per heavy atom. The van der Waals surface area contributed by atoms with Crippen molar-refractivity contribution in [1.82, 2.24) is 25.3 Å². The van der Waals surface area contributed by atoms with E-state index in [-0.39, 0.29) is 42.4 Å². The maximum atomic E-state index is 14.1. The summed E-state index contributed by atoms with van der Waals surface area (Å²) in [6.45, 7) is 8.12. The van der Waals surface area contributed by atoms with E-state index in [0.717, 1.165) is 38.5 Å². The zero-order valence-electron chi connectivity index (χ0n) is 28.6. The van der Waals surface area contributed by atoms with Gasteiger partial charge in [0.15, 0.2) is 0 Å². The van der Waals surface area contributed by atoms with Gasteiger partial charge in [-0.05, 0) is 42.6 Å². The van der Waals surface area contributed by atoms with Crippen LogP contribution in [0.4, 0.5) is 0 Å². The molecule has 10 nitrogen and oxygen atoms in total. The Morgan fingerprint density at radius 3 is 2.40 bits per heavy atom. The van der Waals surface area contributed by atoms with Crippen molar-refractivity contribution in [3.8, 4) is 0 Å². The summed E-state index contributed by atoms with van der Waals surface area (Å²) in [4.78, 5) is 22.0. The number of aliphatic hydroxyl groups excluding tert-OH is 2. The summed E-state index contributed by atoms with van der Waals surface area (Å²) >= 11 is 6.01. The molecule has 0 radical (unpaired) electrons. The summed E-state index contributed by atoms with van der Waals surface area (Å²) in [5.41, 5.74) is 1.88. The minimum Gasteiger partial charge on any atom is -0.392 e. The van der Waals surface area contributed by atoms with Gasteiger partial charge in [-0.3, -0.25) is 4.79 Å². The minimum absolute atomic E-state index is 0.00264. The Hall–Kier alpha value is -2.38. The van der Waals surface area contributed by atoms with Crippen LogP contribution < -0.4 is 15.4 Å². The lowest BCUT2D eigenvalue weighted by Crippen LogP contribution is -2.55. The third-order valence-corrected chi connectivity index (χ3v) is 10.8. The summed E-state index contributed by atoms with van der Waals surface area (Å²) in [6, 6.07) is 8.84. The van der Waals surface area contributed by atoms with E-state index in [1.54, 1.807) is 19.4 Å². The van der Waals surface area contributed by atoms with Gasteiger partial charge in [-0.25, -0.2) is 18.1 Å². The predicted octanol–water partition coefficient (Wildman–Crippen LogP) is 4.43. The lowest BCUT2D eigenvalue weighted by Gasteiger charge is -2.33. The predicted molar refractivity (Wildman–Crippen MR) is 191 cm³/mol. The van der Waals surface area contributed by atoms with Crippen LogP contribution in [-0.4, -0.2) is 76.1 Å².